The van der Waals surface area contributed by atoms with Crippen LogP contribution in [0, 0.1) is 23.2 Å². The first kappa shape index (κ1) is 13.2. The van der Waals surface area contributed by atoms with Crippen LogP contribution >= 0.6 is 11.6 Å². The second kappa shape index (κ2) is 5.60. The minimum absolute atomic E-state index is 0.501. The van der Waals surface area contributed by atoms with E-state index in [0.29, 0.717) is 29.0 Å². The van der Waals surface area contributed by atoms with E-state index < -0.39 is 0 Å². The number of benzene rings is 1. The van der Waals surface area contributed by atoms with Crippen LogP contribution in [-0.2, 0) is 0 Å². The lowest BCUT2D eigenvalue weighted by Gasteiger charge is -2.38. The second-order valence-corrected chi connectivity index (χ2v) is 5.42. The summed E-state index contributed by atoms with van der Waals surface area (Å²) in [6.07, 6.45) is 1.12. The first-order valence-corrected chi connectivity index (χ1v) is 6.68. The molecule has 1 aromatic rings. The van der Waals surface area contributed by atoms with Gasteiger partial charge in [0.2, 0.25) is 0 Å². The highest BCUT2D eigenvalue weighted by atomic mass is 35.5. The molecule has 1 aliphatic rings. The molecule has 4 heteroatoms. The van der Waals surface area contributed by atoms with E-state index in [9.17, 15) is 5.26 Å². The van der Waals surface area contributed by atoms with Gasteiger partial charge in [0.25, 0.3) is 0 Å². The molecular formula is C14H18ClN3. The lowest BCUT2D eigenvalue weighted by Crippen LogP contribution is -2.43. The molecule has 2 atom stereocenters. The van der Waals surface area contributed by atoms with E-state index in [1.807, 2.05) is 12.1 Å². The van der Waals surface area contributed by atoms with Gasteiger partial charge in [0.15, 0.2) is 0 Å². The molecule has 1 aliphatic heterocycles. The summed E-state index contributed by atoms with van der Waals surface area (Å²) in [5.41, 5.74) is 7.44. The van der Waals surface area contributed by atoms with E-state index in [-0.39, 0.29) is 0 Å². The van der Waals surface area contributed by atoms with Crippen LogP contribution in [0.2, 0.25) is 5.02 Å². The fraction of sp³-hybridized carbons (Fsp3) is 0.500. The fourth-order valence-electron chi connectivity index (χ4n) is 2.55. The standard InChI is InChI=1S/C14H18ClN3/c1-10-4-5-18(9-12(10)8-17)14-3-2-13(15)6-11(14)7-16/h2-3,6,10,12H,4-5,8-9,17H2,1H3. The van der Waals surface area contributed by atoms with Crippen molar-refractivity contribution in [3.05, 3.63) is 28.8 Å². The van der Waals surface area contributed by atoms with Crippen LogP contribution in [-0.4, -0.2) is 19.6 Å². The average Bonchev–Trinajstić information content (AvgIpc) is 2.39. The van der Waals surface area contributed by atoms with Gasteiger partial charge < -0.3 is 10.6 Å². The minimum Gasteiger partial charge on any atom is -0.370 e. The minimum atomic E-state index is 0.501. The average molecular weight is 264 g/mol. The van der Waals surface area contributed by atoms with Crippen LogP contribution < -0.4 is 10.6 Å². The molecule has 0 saturated carbocycles. The quantitative estimate of drug-likeness (QED) is 0.892. The third-order valence-electron chi connectivity index (χ3n) is 3.84. The predicted molar refractivity (Wildman–Crippen MR) is 74.7 cm³/mol. The van der Waals surface area contributed by atoms with Crippen molar-refractivity contribution in [2.24, 2.45) is 17.6 Å². The molecule has 1 fully saturated rings. The molecule has 0 spiro atoms. The summed E-state index contributed by atoms with van der Waals surface area (Å²) in [4.78, 5) is 2.26. The van der Waals surface area contributed by atoms with E-state index in [1.54, 1.807) is 6.07 Å². The summed E-state index contributed by atoms with van der Waals surface area (Å²) in [5.74, 6) is 1.16. The molecule has 18 heavy (non-hydrogen) atoms. The highest BCUT2D eigenvalue weighted by Crippen LogP contribution is 2.30. The van der Waals surface area contributed by atoms with E-state index in [0.717, 1.165) is 25.2 Å². The summed E-state index contributed by atoms with van der Waals surface area (Å²) >= 11 is 5.92. The summed E-state index contributed by atoms with van der Waals surface area (Å²) < 4.78 is 0. The number of nitrogens with zero attached hydrogens (tertiary/aromatic N) is 2. The Labute approximate surface area is 113 Å². The normalized spacial score (nSPS) is 23.8. The Bertz CT molecular complexity index is 467. The van der Waals surface area contributed by atoms with Gasteiger partial charge in [-0.15, -0.1) is 0 Å². The Balaban J connectivity index is 2.25. The molecule has 0 radical (unpaired) electrons. The van der Waals surface area contributed by atoms with Gasteiger partial charge in [0.1, 0.15) is 6.07 Å². The lowest BCUT2D eigenvalue weighted by atomic mass is 9.86. The Morgan fingerprint density at radius 1 is 1.56 bits per heavy atom. The summed E-state index contributed by atoms with van der Waals surface area (Å²) in [5, 5.41) is 9.80. The molecule has 1 heterocycles. The number of anilines is 1. The first-order valence-electron chi connectivity index (χ1n) is 6.30. The zero-order valence-electron chi connectivity index (χ0n) is 10.6. The summed E-state index contributed by atoms with van der Waals surface area (Å²) in [6.45, 7) is 4.86. The molecule has 96 valence electrons. The number of piperidine rings is 1. The van der Waals surface area contributed by atoms with E-state index in [2.05, 4.69) is 17.9 Å². The maximum absolute atomic E-state index is 9.19. The maximum Gasteiger partial charge on any atom is 0.101 e. The molecule has 2 rings (SSSR count). The van der Waals surface area contributed by atoms with Gasteiger partial charge in [-0.1, -0.05) is 18.5 Å². The smallest absolute Gasteiger partial charge is 0.101 e. The van der Waals surface area contributed by atoms with Crippen molar-refractivity contribution >= 4 is 17.3 Å². The van der Waals surface area contributed by atoms with Crippen LogP contribution in [0.25, 0.3) is 0 Å². The molecule has 0 aromatic heterocycles. The van der Waals surface area contributed by atoms with Gasteiger partial charge in [-0.25, -0.2) is 0 Å². The molecule has 1 aromatic carbocycles. The molecule has 1 saturated heterocycles. The van der Waals surface area contributed by atoms with Gasteiger partial charge in [-0.3, -0.25) is 0 Å². The molecule has 2 N–H and O–H groups in total. The van der Waals surface area contributed by atoms with Gasteiger partial charge in [0, 0.05) is 18.1 Å². The molecule has 0 amide bonds. The van der Waals surface area contributed by atoms with Crippen LogP contribution in [0.15, 0.2) is 18.2 Å². The van der Waals surface area contributed by atoms with Crippen LogP contribution in [0.3, 0.4) is 0 Å². The first-order chi connectivity index (χ1) is 8.65. The van der Waals surface area contributed by atoms with Gasteiger partial charge in [0.05, 0.1) is 11.3 Å². The van der Waals surface area contributed by atoms with E-state index >= 15 is 0 Å². The third kappa shape index (κ3) is 2.60. The predicted octanol–water partition coefficient (Wildman–Crippen LogP) is 2.63. The van der Waals surface area contributed by atoms with Crippen LogP contribution in [0.5, 0.6) is 0 Å². The number of rotatable bonds is 2. The van der Waals surface area contributed by atoms with Gasteiger partial charge in [-0.05, 0) is 43.0 Å². The van der Waals surface area contributed by atoms with Crippen molar-refractivity contribution in [1.29, 1.82) is 5.26 Å². The SMILES string of the molecule is CC1CCN(c2ccc(Cl)cc2C#N)CC1CN. The van der Waals surface area contributed by atoms with Crippen molar-refractivity contribution in [3.63, 3.8) is 0 Å². The summed E-state index contributed by atoms with van der Waals surface area (Å²) in [6, 6.07) is 7.72. The number of hydrogen-bond donors (Lipinski definition) is 1. The monoisotopic (exact) mass is 263 g/mol. The molecule has 3 nitrogen and oxygen atoms in total. The largest absolute Gasteiger partial charge is 0.370 e. The molecular weight excluding hydrogens is 246 g/mol. The zero-order chi connectivity index (χ0) is 13.1. The maximum atomic E-state index is 9.19. The highest BCUT2D eigenvalue weighted by Gasteiger charge is 2.26. The van der Waals surface area contributed by atoms with Gasteiger partial charge >= 0.3 is 0 Å². The Morgan fingerprint density at radius 2 is 2.33 bits per heavy atom. The van der Waals surface area contributed by atoms with Crippen molar-refractivity contribution in [2.45, 2.75) is 13.3 Å². The molecule has 0 aliphatic carbocycles. The van der Waals surface area contributed by atoms with Crippen molar-refractivity contribution in [2.75, 3.05) is 24.5 Å². The van der Waals surface area contributed by atoms with E-state index in [4.69, 9.17) is 17.3 Å². The molecule has 2 unspecified atom stereocenters. The number of halogens is 1. The third-order valence-corrected chi connectivity index (χ3v) is 4.07. The van der Waals surface area contributed by atoms with Crippen molar-refractivity contribution in [3.8, 4) is 6.07 Å². The van der Waals surface area contributed by atoms with Crippen LogP contribution in [0.4, 0.5) is 5.69 Å². The lowest BCUT2D eigenvalue weighted by molar-refractivity contribution is 0.308. The highest BCUT2D eigenvalue weighted by molar-refractivity contribution is 6.30. The Hall–Kier alpha value is -1.24. The van der Waals surface area contributed by atoms with Crippen molar-refractivity contribution in [1.82, 2.24) is 0 Å². The number of hydrogen-bond acceptors (Lipinski definition) is 3. The molecule has 0 bridgehead atoms. The second-order valence-electron chi connectivity index (χ2n) is 4.98. The number of nitrogens with two attached hydrogens (primary N) is 1. The fourth-order valence-corrected chi connectivity index (χ4v) is 2.72. The van der Waals surface area contributed by atoms with E-state index in [1.165, 1.54) is 0 Å². The summed E-state index contributed by atoms with van der Waals surface area (Å²) in [7, 11) is 0. The Kier molecular flexibility index (Phi) is 4.11. The van der Waals surface area contributed by atoms with Crippen LogP contribution in [0.1, 0.15) is 18.9 Å². The topological polar surface area (TPSA) is 53.0 Å². The Morgan fingerprint density at radius 3 is 3.00 bits per heavy atom. The number of nitriles is 1. The van der Waals surface area contributed by atoms with Crippen molar-refractivity contribution < 1.29 is 0 Å². The van der Waals surface area contributed by atoms with Gasteiger partial charge in [-0.2, -0.15) is 5.26 Å². The zero-order valence-corrected chi connectivity index (χ0v) is 11.3.